The van der Waals surface area contributed by atoms with Gasteiger partial charge in [0, 0.05) is 18.8 Å². The molecule has 0 saturated heterocycles. The second-order valence-corrected chi connectivity index (χ2v) is 6.73. The zero-order chi connectivity index (χ0) is 17.6. The number of aliphatic hydroxyl groups excluding tert-OH is 1. The van der Waals surface area contributed by atoms with Crippen LogP contribution in [0.15, 0.2) is 47.6 Å². The lowest BCUT2D eigenvalue weighted by Crippen LogP contribution is -2.26. The van der Waals surface area contributed by atoms with Gasteiger partial charge in [0.25, 0.3) is 0 Å². The number of fused-ring (bicyclic) bond motifs is 1. The van der Waals surface area contributed by atoms with E-state index in [0.29, 0.717) is 6.54 Å². The standard InChI is InChI=1S/C19H22N4OS/c1-3-23(10-11-24)16-9-8-15(14(2)12-16)13-20-22-19-21-17-6-4-5-7-18(17)25-19/h4-9,12-13,24H,3,10-11H2,1-2H3,(H,21,22)/b20-13-. The highest BCUT2D eigenvalue weighted by Crippen LogP contribution is 2.25. The van der Waals surface area contributed by atoms with Gasteiger partial charge in [-0.2, -0.15) is 5.10 Å². The number of aromatic nitrogens is 1. The van der Waals surface area contributed by atoms with Crippen molar-refractivity contribution in [1.82, 2.24) is 4.98 Å². The number of hydrogen-bond donors (Lipinski definition) is 2. The van der Waals surface area contributed by atoms with E-state index in [1.807, 2.05) is 30.5 Å². The van der Waals surface area contributed by atoms with Crippen molar-refractivity contribution in [2.24, 2.45) is 5.10 Å². The Morgan fingerprint density at radius 1 is 1.28 bits per heavy atom. The van der Waals surface area contributed by atoms with Crippen molar-refractivity contribution in [1.29, 1.82) is 0 Å². The third kappa shape index (κ3) is 4.15. The number of nitrogens with one attached hydrogen (secondary N) is 1. The van der Waals surface area contributed by atoms with Gasteiger partial charge < -0.3 is 10.0 Å². The molecule has 0 saturated carbocycles. The predicted molar refractivity (Wildman–Crippen MR) is 107 cm³/mol. The number of benzene rings is 2. The summed E-state index contributed by atoms with van der Waals surface area (Å²) in [4.78, 5) is 6.64. The summed E-state index contributed by atoms with van der Waals surface area (Å²) in [6.07, 6.45) is 1.81. The summed E-state index contributed by atoms with van der Waals surface area (Å²) >= 11 is 1.59. The summed E-state index contributed by atoms with van der Waals surface area (Å²) < 4.78 is 1.14. The molecule has 6 heteroatoms. The van der Waals surface area contributed by atoms with E-state index >= 15 is 0 Å². The third-order valence-electron chi connectivity index (χ3n) is 4.03. The molecule has 3 rings (SSSR count). The molecule has 0 radical (unpaired) electrons. The topological polar surface area (TPSA) is 60.8 Å². The van der Waals surface area contributed by atoms with E-state index in [0.717, 1.165) is 38.7 Å². The summed E-state index contributed by atoms with van der Waals surface area (Å²) in [5.41, 5.74) is 7.30. The predicted octanol–water partition coefficient (Wildman–Crippen LogP) is 3.87. The number of anilines is 2. The minimum absolute atomic E-state index is 0.155. The van der Waals surface area contributed by atoms with Crippen LogP contribution < -0.4 is 10.3 Å². The molecule has 0 amide bonds. The quantitative estimate of drug-likeness (QED) is 0.499. The lowest BCUT2D eigenvalue weighted by Gasteiger charge is -2.22. The molecule has 25 heavy (non-hydrogen) atoms. The number of thiazole rings is 1. The molecule has 5 nitrogen and oxygen atoms in total. The molecule has 0 fully saturated rings. The fourth-order valence-electron chi connectivity index (χ4n) is 2.67. The summed E-state index contributed by atoms with van der Waals surface area (Å²) in [5, 5.41) is 14.3. The van der Waals surface area contributed by atoms with E-state index in [-0.39, 0.29) is 6.61 Å². The smallest absolute Gasteiger partial charge is 0.204 e. The van der Waals surface area contributed by atoms with Crippen LogP contribution >= 0.6 is 11.3 Å². The number of hydrogen-bond acceptors (Lipinski definition) is 6. The molecule has 0 spiro atoms. The van der Waals surface area contributed by atoms with Gasteiger partial charge in [0.2, 0.25) is 5.13 Å². The zero-order valence-electron chi connectivity index (χ0n) is 14.4. The maximum atomic E-state index is 9.15. The molecule has 0 unspecified atom stereocenters. The van der Waals surface area contributed by atoms with E-state index in [2.05, 4.69) is 52.5 Å². The number of nitrogens with zero attached hydrogens (tertiary/aromatic N) is 3. The third-order valence-corrected chi connectivity index (χ3v) is 4.97. The molecule has 0 aliphatic rings. The molecule has 0 aliphatic heterocycles. The number of hydrazone groups is 1. The van der Waals surface area contributed by atoms with E-state index in [1.165, 1.54) is 0 Å². The Labute approximate surface area is 151 Å². The number of rotatable bonds is 7. The largest absolute Gasteiger partial charge is 0.395 e. The number of para-hydroxylation sites is 1. The molecule has 3 aromatic rings. The van der Waals surface area contributed by atoms with Crippen LogP contribution in [0.25, 0.3) is 10.2 Å². The van der Waals surface area contributed by atoms with Gasteiger partial charge in [-0.05, 0) is 49.2 Å². The van der Waals surface area contributed by atoms with Crippen LogP contribution in [-0.4, -0.2) is 36.0 Å². The van der Waals surface area contributed by atoms with Gasteiger partial charge >= 0.3 is 0 Å². The van der Waals surface area contributed by atoms with E-state index in [9.17, 15) is 0 Å². The summed E-state index contributed by atoms with van der Waals surface area (Å²) in [7, 11) is 0. The molecule has 1 heterocycles. The summed E-state index contributed by atoms with van der Waals surface area (Å²) in [6, 6.07) is 14.3. The van der Waals surface area contributed by atoms with E-state index in [1.54, 1.807) is 11.3 Å². The Morgan fingerprint density at radius 3 is 2.84 bits per heavy atom. The normalized spacial score (nSPS) is 11.3. The van der Waals surface area contributed by atoms with Crippen molar-refractivity contribution in [3.05, 3.63) is 53.6 Å². The number of aryl methyl sites for hydroxylation is 1. The Balaban J connectivity index is 1.70. The monoisotopic (exact) mass is 354 g/mol. The van der Waals surface area contributed by atoms with Gasteiger partial charge in [-0.25, -0.2) is 4.98 Å². The molecular formula is C19H22N4OS. The molecule has 0 atom stereocenters. The average Bonchev–Trinajstić information content (AvgIpc) is 3.04. The average molecular weight is 354 g/mol. The zero-order valence-corrected chi connectivity index (χ0v) is 15.3. The molecule has 0 aliphatic carbocycles. The second kappa shape index (κ2) is 8.09. The van der Waals surface area contributed by atoms with Crippen molar-refractivity contribution in [2.75, 3.05) is 30.0 Å². The SMILES string of the molecule is CCN(CCO)c1ccc(/C=N\Nc2nc3ccccc3s2)c(C)c1. The maximum Gasteiger partial charge on any atom is 0.204 e. The van der Waals surface area contributed by atoms with Crippen molar-refractivity contribution < 1.29 is 5.11 Å². The van der Waals surface area contributed by atoms with Gasteiger partial charge in [0.1, 0.15) is 0 Å². The lowest BCUT2D eigenvalue weighted by atomic mass is 10.1. The van der Waals surface area contributed by atoms with Crippen LogP contribution in [0.2, 0.25) is 0 Å². The first-order chi connectivity index (χ1) is 12.2. The fourth-order valence-corrected chi connectivity index (χ4v) is 3.48. The van der Waals surface area contributed by atoms with Crippen LogP contribution in [0.4, 0.5) is 10.8 Å². The van der Waals surface area contributed by atoms with Gasteiger partial charge in [-0.3, -0.25) is 5.43 Å². The second-order valence-electron chi connectivity index (χ2n) is 5.70. The Hall–Kier alpha value is -2.44. The van der Waals surface area contributed by atoms with Crippen molar-refractivity contribution >= 4 is 38.6 Å². The molecule has 2 N–H and O–H groups in total. The van der Waals surface area contributed by atoms with Crippen LogP contribution in [0, 0.1) is 6.92 Å². The summed E-state index contributed by atoms with van der Waals surface area (Å²) in [6.45, 7) is 5.81. The first-order valence-corrected chi connectivity index (χ1v) is 9.14. The van der Waals surface area contributed by atoms with E-state index in [4.69, 9.17) is 5.11 Å². The highest BCUT2D eigenvalue weighted by Gasteiger charge is 2.05. The van der Waals surface area contributed by atoms with Gasteiger partial charge in [-0.1, -0.05) is 29.5 Å². The molecule has 2 aromatic carbocycles. The van der Waals surface area contributed by atoms with Gasteiger partial charge in [-0.15, -0.1) is 0 Å². The molecule has 0 bridgehead atoms. The Kier molecular flexibility index (Phi) is 5.63. The highest BCUT2D eigenvalue weighted by atomic mass is 32.1. The van der Waals surface area contributed by atoms with Crippen LogP contribution in [0.1, 0.15) is 18.1 Å². The number of aliphatic hydroxyl groups is 1. The Morgan fingerprint density at radius 2 is 2.12 bits per heavy atom. The minimum atomic E-state index is 0.155. The fraction of sp³-hybridized carbons (Fsp3) is 0.263. The summed E-state index contributed by atoms with van der Waals surface area (Å²) in [5.74, 6) is 0. The minimum Gasteiger partial charge on any atom is -0.395 e. The van der Waals surface area contributed by atoms with Gasteiger partial charge in [0.15, 0.2) is 0 Å². The van der Waals surface area contributed by atoms with Gasteiger partial charge in [0.05, 0.1) is 23.0 Å². The molecule has 1 aromatic heterocycles. The van der Waals surface area contributed by atoms with Crippen molar-refractivity contribution in [2.45, 2.75) is 13.8 Å². The van der Waals surface area contributed by atoms with Crippen LogP contribution in [0.5, 0.6) is 0 Å². The maximum absolute atomic E-state index is 9.15. The van der Waals surface area contributed by atoms with Crippen LogP contribution in [0.3, 0.4) is 0 Å². The van der Waals surface area contributed by atoms with Crippen molar-refractivity contribution in [3.8, 4) is 0 Å². The number of likely N-dealkylation sites (N-methyl/N-ethyl adjacent to an activating group) is 1. The Bertz CT molecular complexity index is 842. The highest BCUT2D eigenvalue weighted by molar-refractivity contribution is 7.22. The lowest BCUT2D eigenvalue weighted by molar-refractivity contribution is 0.302. The van der Waals surface area contributed by atoms with Crippen molar-refractivity contribution in [3.63, 3.8) is 0 Å². The first kappa shape index (κ1) is 17.4. The first-order valence-electron chi connectivity index (χ1n) is 8.32. The van der Waals surface area contributed by atoms with E-state index < -0.39 is 0 Å². The molecular weight excluding hydrogens is 332 g/mol. The van der Waals surface area contributed by atoms with Crippen LogP contribution in [-0.2, 0) is 0 Å². The molecule has 130 valence electrons.